The molecule has 1 aromatic rings. The van der Waals surface area contributed by atoms with Crippen molar-refractivity contribution in [2.75, 3.05) is 18.5 Å². The van der Waals surface area contributed by atoms with Crippen LogP contribution >= 0.6 is 23.2 Å². The van der Waals surface area contributed by atoms with E-state index in [9.17, 15) is 5.11 Å². The van der Waals surface area contributed by atoms with Crippen LogP contribution in [-0.2, 0) is 0 Å². The summed E-state index contributed by atoms with van der Waals surface area (Å²) in [5, 5.41) is 13.7. The summed E-state index contributed by atoms with van der Waals surface area (Å²) in [6, 6.07) is 5.34. The highest BCUT2D eigenvalue weighted by Gasteiger charge is 2.20. The van der Waals surface area contributed by atoms with Gasteiger partial charge in [-0.05, 0) is 24.6 Å². The number of aliphatic hydroxyl groups excluding tert-OH is 1. The smallest absolute Gasteiger partial charge is 0.0652 e. The van der Waals surface area contributed by atoms with E-state index in [0.717, 1.165) is 12.1 Å². The van der Waals surface area contributed by atoms with Crippen molar-refractivity contribution < 1.29 is 5.11 Å². The molecule has 0 radical (unpaired) electrons. The molecule has 1 atom stereocenters. The van der Waals surface area contributed by atoms with Crippen LogP contribution in [0.1, 0.15) is 20.3 Å². The van der Waals surface area contributed by atoms with Gasteiger partial charge < -0.3 is 10.4 Å². The lowest BCUT2D eigenvalue weighted by molar-refractivity contribution is 0.149. The minimum atomic E-state index is -0.122. The molecule has 0 heterocycles. The molecule has 90 valence electrons. The standard InChI is InChI=1S/C12H17Cl2NO/c1-3-12(2,8-16)7-15-11-5-4-9(13)6-10(11)14/h4-6,15-16H,3,7-8H2,1-2H3. The summed E-state index contributed by atoms with van der Waals surface area (Å²) in [4.78, 5) is 0. The molecule has 0 aliphatic carbocycles. The average molecular weight is 262 g/mol. The fourth-order valence-electron chi connectivity index (χ4n) is 1.23. The number of anilines is 1. The van der Waals surface area contributed by atoms with Crippen molar-refractivity contribution in [1.82, 2.24) is 0 Å². The third kappa shape index (κ3) is 3.55. The van der Waals surface area contributed by atoms with Gasteiger partial charge in [-0.3, -0.25) is 0 Å². The molecule has 2 N–H and O–H groups in total. The molecule has 1 unspecified atom stereocenters. The van der Waals surface area contributed by atoms with Crippen LogP contribution in [0, 0.1) is 5.41 Å². The van der Waals surface area contributed by atoms with Gasteiger partial charge in [0.1, 0.15) is 0 Å². The summed E-state index contributed by atoms with van der Waals surface area (Å²) in [5.74, 6) is 0. The van der Waals surface area contributed by atoms with E-state index < -0.39 is 0 Å². The molecule has 0 saturated heterocycles. The minimum Gasteiger partial charge on any atom is -0.396 e. The maximum atomic E-state index is 9.28. The first-order valence-corrected chi connectivity index (χ1v) is 6.06. The number of rotatable bonds is 5. The van der Waals surface area contributed by atoms with Crippen LogP contribution in [-0.4, -0.2) is 18.3 Å². The second-order valence-corrected chi connectivity index (χ2v) is 5.14. The van der Waals surface area contributed by atoms with E-state index in [2.05, 4.69) is 12.2 Å². The minimum absolute atomic E-state index is 0.122. The lowest BCUT2D eigenvalue weighted by atomic mass is 9.88. The molecule has 0 spiro atoms. The van der Waals surface area contributed by atoms with Crippen LogP contribution in [0.4, 0.5) is 5.69 Å². The molecule has 0 aromatic heterocycles. The topological polar surface area (TPSA) is 32.3 Å². The van der Waals surface area contributed by atoms with Gasteiger partial charge in [0.05, 0.1) is 17.3 Å². The molecule has 1 aromatic carbocycles. The summed E-state index contributed by atoms with van der Waals surface area (Å²) in [6.07, 6.45) is 0.904. The number of hydrogen-bond acceptors (Lipinski definition) is 2. The van der Waals surface area contributed by atoms with Crippen molar-refractivity contribution in [2.24, 2.45) is 5.41 Å². The van der Waals surface area contributed by atoms with Crippen LogP contribution in [0.25, 0.3) is 0 Å². The van der Waals surface area contributed by atoms with Gasteiger partial charge in [-0.15, -0.1) is 0 Å². The normalized spacial score (nSPS) is 14.6. The van der Waals surface area contributed by atoms with Crippen molar-refractivity contribution in [2.45, 2.75) is 20.3 Å². The number of nitrogens with one attached hydrogen (secondary N) is 1. The molecule has 0 aliphatic rings. The second kappa shape index (κ2) is 5.76. The zero-order chi connectivity index (χ0) is 12.2. The summed E-state index contributed by atoms with van der Waals surface area (Å²) in [7, 11) is 0. The maximum Gasteiger partial charge on any atom is 0.0652 e. The number of aliphatic hydroxyl groups is 1. The van der Waals surface area contributed by atoms with E-state index in [4.69, 9.17) is 23.2 Å². The third-order valence-corrected chi connectivity index (χ3v) is 3.42. The van der Waals surface area contributed by atoms with Gasteiger partial charge in [-0.1, -0.05) is 37.0 Å². The van der Waals surface area contributed by atoms with Gasteiger partial charge >= 0.3 is 0 Å². The van der Waals surface area contributed by atoms with Gasteiger partial charge in [-0.2, -0.15) is 0 Å². The molecular formula is C12H17Cl2NO. The highest BCUT2D eigenvalue weighted by atomic mass is 35.5. The molecule has 0 amide bonds. The summed E-state index contributed by atoms with van der Waals surface area (Å²) in [6.45, 7) is 4.92. The number of halogens is 2. The van der Waals surface area contributed by atoms with Crippen LogP contribution in [0.5, 0.6) is 0 Å². The van der Waals surface area contributed by atoms with Crippen molar-refractivity contribution in [3.05, 3.63) is 28.2 Å². The molecule has 0 fully saturated rings. The Morgan fingerprint density at radius 3 is 2.56 bits per heavy atom. The Balaban J connectivity index is 2.67. The van der Waals surface area contributed by atoms with E-state index >= 15 is 0 Å². The van der Waals surface area contributed by atoms with Crippen molar-refractivity contribution >= 4 is 28.9 Å². The summed E-state index contributed by atoms with van der Waals surface area (Å²) >= 11 is 11.8. The maximum absolute atomic E-state index is 9.28. The second-order valence-electron chi connectivity index (χ2n) is 4.30. The van der Waals surface area contributed by atoms with Crippen molar-refractivity contribution in [3.63, 3.8) is 0 Å². The summed E-state index contributed by atoms with van der Waals surface area (Å²) in [5.41, 5.74) is 0.724. The molecule has 16 heavy (non-hydrogen) atoms. The highest BCUT2D eigenvalue weighted by molar-refractivity contribution is 6.36. The Bertz CT molecular complexity index is 351. The number of benzene rings is 1. The van der Waals surface area contributed by atoms with E-state index in [-0.39, 0.29) is 12.0 Å². The van der Waals surface area contributed by atoms with Gasteiger partial charge in [0, 0.05) is 17.0 Å². The van der Waals surface area contributed by atoms with E-state index in [1.54, 1.807) is 12.1 Å². The third-order valence-electron chi connectivity index (χ3n) is 2.87. The van der Waals surface area contributed by atoms with Crippen LogP contribution < -0.4 is 5.32 Å². The predicted octanol–water partition coefficient (Wildman–Crippen LogP) is 3.81. The SMILES string of the molecule is CCC(C)(CO)CNc1ccc(Cl)cc1Cl. The van der Waals surface area contributed by atoms with Gasteiger partial charge in [-0.25, -0.2) is 0 Å². The molecule has 4 heteroatoms. The Labute approximate surface area is 107 Å². The Hall–Kier alpha value is -0.440. The van der Waals surface area contributed by atoms with Crippen LogP contribution in [0.3, 0.4) is 0 Å². The predicted molar refractivity (Wildman–Crippen MR) is 70.4 cm³/mol. The fourth-order valence-corrected chi connectivity index (χ4v) is 1.71. The van der Waals surface area contributed by atoms with Crippen molar-refractivity contribution in [3.8, 4) is 0 Å². The largest absolute Gasteiger partial charge is 0.396 e. The quantitative estimate of drug-likeness (QED) is 0.845. The van der Waals surface area contributed by atoms with E-state index in [1.807, 2.05) is 13.0 Å². The first kappa shape index (κ1) is 13.6. The lowest BCUT2D eigenvalue weighted by Crippen LogP contribution is -2.29. The molecule has 0 aliphatic heterocycles. The highest BCUT2D eigenvalue weighted by Crippen LogP contribution is 2.27. The first-order chi connectivity index (χ1) is 7.50. The van der Waals surface area contributed by atoms with Gasteiger partial charge in [0.25, 0.3) is 0 Å². The Morgan fingerprint density at radius 2 is 2.06 bits per heavy atom. The molecule has 0 saturated carbocycles. The van der Waals surface area contributed by atoms with Gasteiger partial charge in [0.15, 0.2) is 0 Å². The Kier molecular flexibility index (Phi) is 4.90. The first-order valence-electron chi connectivity index (χ1n) is 5.30. The Morgan fingerprint density at radius 1 is 1.38 bits per heavy atom. The van der Waals surface area contributed by atoms with E-state index in [1.165, 1.54) is 0 Å². The fraction of sp³-hybridized carbons (Fsp3) is 0.500. The lowest BCUT2D eigenvalue weighted by Gasteiger charge is -2.26. The average Bonchev–Trinajstić information content (AvgIpc) is 2.27. The molecule has 2 nitrogen and oxygen atoms in total. The zero-order valence-electron chi connectivity index (χ0n) is 9.56. The number of hydrogen-bond donors (Lipinski definition) is 2. The molecule has 1 rings (SSSR count). The van der Waals surface area contributed by atoms with Gasteiger partial charge in [0.2, 0.25) is 0 Å². The molecular weight excluding hydrogens is 245 g/mol. The van der Waals surface area contributed by atoms with Crippen LogP contribution in [0.15, 0.2) is 18.2 Å². The monoisotopic (exact) mass is 261 g/mol. The van der Waals surface area contributed by atoms with E-state index in [0.29, 0.717) is 16.6 Å². The zero-order valence-corrected chi connectivity index (χ0v) is 11.1. The van der Waals surface area contributed by atoms with Crippen LogP contribution in [0.2, 0.25) is 10.0 Å². The summed E-state index contributed by atoms with van der Waals surface area (Å²) < 4.78 is 0. The van der Waals surface area contributed by atoms with Crippen molar-refractivity contribution in [1.29, 1.82) is 0 Å². The molecule has 0 bridgehead atoms.